The average Bonchev–Trinajstić information content (AvgIpc) is 2.83. The molecule has 2 rings (SSSR count). The number of aryl methyl sites for hydroxylation is 1. The molecule has 0 radical (unpaired) electrons. The lowest BCUT2D eigenvalue weighted by molar-refractivity contribution is -0.121. The van der Waals surface area contributed by atoms with Gasteiger partial charge < -0.3 is 10.6 Å². The van der Waals surface area contributed by atoms with Crippen molar-refractivity contribution in [2.24, 2.45) is 0 Å². The number of hydrogen-bond donors (Lipinski definition) is 2. The molecule has 1 aromatic carbocycles. The van der Waals surface area contributed by atoms with E-state index >= 15 is 0 Å². The summed E-state index contributed by atoms with van der Waals surface area (Å²) < 4.78 is 0. The van der Waals surface area contributed by atoms with Crippen LogP contribution in [0.5, 0.6) is 0 Å². The molecular weight excluding hydrogens is 212 g/mol. The molecule has 1 aromatic rings. The van der Waals surface area contributed by atoms with Crippen LogP contribution in [0.3, 0.4) is 0 Å². The quantitative estimate of drug-likeness (QED) is 0.807. The summed E-state index contributed by atoms with van der Waals surface area (Å²) in [5, 5.41) is 6.31. The zero-order valence-electron chi connectivity index (χ0n) is 10.1. The monoisotopic (exact) mass is 232 g/mol. The van der Waals surface area contributed by atoms with E-state index in [0.29, 0.717) is 12.5 Å². The fraction of sp³-hybridized carbons (Fsp3) is 0.500. The van der Waals surface area contributed by atoms with Gasteiger partial charge in [-0.25, -0.2) is 0 Å². The molecule has 2 N–H and O–H groups in total. The van der Waals surface area contributed by atoms with Crippen LogP contribution in [-0.2, 0) is 11.2 Å². The fourth-order valence-corrected chi connectivity index (χ4v) is 2.18. The Morgan fingerprint density at radius 2 is 2.18 bits per heavy atom. The van der Waals surface area contributed by atoms with E-state index in [0.717, 1.165) is 32.4 Å². The Balaban J connectivity index is 1.63. The van der Waals surface area contributed by atoms with Gasteiger partial charge in [0.05, 0.1) is 0 Å². The molecule has 1 heterocycles. The maximum absolute atomic E-state index is 11.7. The maximum Gasteiger partial charge on any atom is 0.220 e. The minimum Gasteiger partial charge on any atom is -0.352 e. The van der Waals surface area contributed by atoms with Gasteiger partial charge in [0.1, 0.15) is 0 Å². The van der Waals surface area contributed by atoms with Gasteiger partial charge in [-0.3, -0.25) is 4.79 Å². The lowest BCUT2D eigenvalue weighted by Gasteiger charge is -2.10. The fourth-order valence-electron chi connectivity index (χ4n) is 2.18. The second-order valence-electron chi connectivity index (χ2n) is 4.60. The molecular formula is C14H20N2O. The predicted molar refractivity (Wildman–Crippen MR) is 68.8 cm³/mol. The van der Waals surface area contributed by atoms with Gasteiger partial charge in [-0.15, -0.1) is 0 Å². The minimum atomic E-state index is 0.189. The molecule has 0 saturated carbocycles. The zero-order chi connectivity index (χ0) is 11.9. The summed E-state index contributed by atoms with van der Waals surface area (Å²) >= 11 is 0. The number of carbonyl (C=O) groups is 1. The number of nitrogens with one attached hydrogen (secondary N) is 2. The summed E-state index contributed by atoms with van der Waals surface area (Å²) in [4.78, 5) is 11.7. The van der Waals surface area contributed by atoms with E-state index in [2.05, 4.69) is 22.8 Å². The number of carbonyl (C=O) groups excluding carboxylic acids is 1. The van der Waals surface area contributed by atoms with Crippen molar-refractivity contribution in [1.29, 1.82) is 0 Å². The van der Waals surface area contributed by atoms with Crippen LogP contribution in [0.15, 0.2) is 30.3 Å². The summed E-state index contributed by atoms with van der Waals surface area (Å²) in [5.74, 6) is 0.189. The van der Waals surface area contributed by atoms with Crippen molar-refractivity contribution < 1.29 is 4.79 Å². The first-order valence-corrected chi connectivity index (χ1v) is 6.38. The summed E-state index contributed by atoms with van der Waals surface area (Å²) in [7, 11) is 0. The summed E-state index contributed by atoms with van der Waals surface area (Å²) in [5.41, 5.74) is 1.31. The average molecular weight is 232 g/mol. The van der Waals surface area contributed by atoms with Crippen molar-refractivity contribution >= 4 is 5.91 Å². The van der Waals surface area contributed by atoms with Gasteiger partial charge in [0.15, 0.2) is 0 Å². The van der Waals surface area contributed by atoms with E-state index < -0.39 is 0 Å². The third-order valence-corrected chi connectivity index (χ3v) is 3.14. The smallest absolute Gasteiger partial charge is 0.220 e. The topological polar surface area (TPSA) is 41.1 Å². The Bertz CT molecular complexity index is 344. The molecule has 1 saturated heterocycles. The number of amides is 1. The normalized spacial score (nSPS) is 19.2. The van der Waals surface area contributed by atoms with Crippen LogP contribution in [0.25, 0.3) is 0 Å². The van der Waals surface area contributed by atoms with Crippen molar-refractivity contribution in [1.82, 2.24) is 10.6 Å². The highest BCUT2D eigenvalue weighted by atomic mass is 16.1. The lowest BCUT2D eigenvalue weighted by Crippen LogP contribution is -2.36. The van der Waals surface area contributed by atoms with Crippen LogP contribution < -0.4 is 10.6 Å². The van der Waals surface area contributed by atoms with Crippen molar-refractivity contribution in [3.63, 3.8) is 0 Å². The SMILES string of the molecule is O=C(CCCc1ccccc1)N[C@@H]1CCNC1. The lowest BCUT2D eigenvalue weighted by atomic mass is 10.1. The van der Waals surface area contributed by atoms with Gasteiger partial charge >= 0.3 is 0 Å². The van der Waals surface area contributed by atoms with Crippen LogP contribution >= 0.6 is 0 Å². The molecule has 1 fully saturated rings. The van der Waals surface area contributed by atoms with E-state index in [1.165, 1.54) is 5.56 Å². The Kier molecular flexibility index (Phi) is 4.56. The molecule has 3 heteroatoms. The van der Waals surface area contributed by atoms with Crippen molar-refractivity contribution in [3.8, 4) is 0 Å². The molecule has 1 amide bonds. The van der Waals surface area contributed by atoms with E-state index in [1.807, 2.05) is 18.2 Å². The second-order valence-corrected chi connectivity index (χ2v) is 4.60. The molecule has 1 aliphatic rings. The van der Waals surface area contributed by atoms with E-state index in [4.69, 9.17) is 0 Å². The van der Waals surface area contributed by atoms with Crippen LogP contribution in [0.1, 0.15) is 24.8 Å². The third-order valence-electron chi connectivity index (χ3n) is 3.14. The molecule has 92 valence electrons. The molecule has 1 atom stereocenters. The van der Waals surface area contributed by atoms with E-state index in [9.17, 15) is 4.79 Å². The predicted octanol–water partition coefficient (Wildman–Crippen LogP) is 1.49. The van der Waals surface area contributed by atoms with Gasteiger partial charge in [-0.2, -0.15) is 0 Å². The second kappa shape index (κ2) is 6.40. The Morgan fingerprint density at radius 3 is 2.88 bits per heavy atom. The van der Waals surface area contributed by atoms with Gasteiger partial charge in [-0.1, -0.05) is 30.3 Å². The number of rotatable bonds is 5. The van der Waals surface area contributed by atoms with Crippen LogP contribution in [0.2, 0.25) is 0 Å². The third kappa shape index (κ3) is 4.19. The molecule has 0 spiro atoms. The van der Waals surface area contributed by atoms with Gasteiger partial charge in [0.25, 0.3) is 0 Å². The largest absolute Gasteiger partial charge is 0.352 e. The number of hydrogen-bond acceptors (Lipinski definition) is 2. The van der Waals surface area contributed by atoms with Crippen molar-refractivity contribution in [2.45, 2.75) is 31.7 Å². The Labute approximate surface area is 103 Å². The van der Waals surface area contributed by atoms with Crippen LogP contribution in [-0.4, -0.2) is 25.0 Å². The molecule has 17 heavy (non-hydrogen) atoms. The zero-order valence-corrected chi connectivity index (χ0v) is 10.1. The molecule has 1 aliphatic heterocycles. The molecule has 0 aromatic heterocycles. The van der Waals surface area contributed by atoms with E-state index in [1.54, 1.807) is 0 Å². The van der Waals surface area contributed by atoms with E-state index in [-0.39, 0.29) is 5.91 Å². The molecule has 0 bridgehead atoms. The van der Waals surface area contributed by atoms with Crippen molar-refractivity contribution in [2.75, 3.05) is 13.1 Å². The molecule has 3 nitrogen and oxygen atoms in total. The maximum atomic E-state index is 11.7. The highest BCUT2D eigenvalue weighted by Gasteiger charge is 2.15. The van der Waals surface area contributed by atoms with Crippen molar-refractivity contribution in [3.05, 3.63) is 35.9 Å². The molecule has 0 aliphatic carbocycles. The van der Waals surface area contributed by atoms with Crippen LogP contribution in [0, 0.1) is 0 Å². The minimum absolute atomic E-state index is 0.189. The summed E-state index contributed by atoms with van der Waals surface area (Å²) in [6, 6.07) is 10.7. The Morgan fingerprint density at radius 1 is 1.35 bits per heavy atom. The first-order valence-electron chi connectivity index (χ1n) is 6.38. The summed E-state index contributed by atoms with van der Waals surface area (Å²) in [6.45, 7) is 1.94. The van der Waals surface area contributed by atoms with Crippen LogP contribution in [0.4, 0.5) is 0 Å². The Hall–Kier alpha value is -1.35. The van der Waals surface area contributed by atoms with Gasteiger partial charge in [-0.05, 0) is 31.4 Å². The summed E-state index contributed by atoms with van der Waals surface area (Å²) in [6.07, 6.45) is 3.60. The highest BCUT2D eigenvalue weighted by Crippen LogP contribution is 2.05. The standard InChI is InChI=1S/C14H20N2O/c17-14(16-13-9-10-15-11-13)8-4-7-12-5-2-1-3-6-12/h1-3,5-6,13,15H,4,7-11H2,(H,16,17)/t13-/m1/s1. The highest BCUT2D eigenvalue weighted by molar-refractivity contribution is 5.76. The van der Waals surface area contributed by atoms with Gasteiger partial charge in [0.2, 0.25) is 5.91 Å². The number of benzene rings is 1. The van der Waals surface area contributed by atoms with Gasteiger partial charge in [0, 0.05) is 19.0 Å². The molecule has 0 unspecified atom stereocenters. The first-order chi connectivity index (χ1) is 8.34. The first kappa shape index (κ1) is 12.1.